The highest BCUT2D eigenvalue weighted by molar-refractivity contribution is 6.27. The Balaban J connectivity index is 2.24. The molecule has 0 aromatic carbocycles. The summed E-state index contributed by atoms with van der Waals surface area (Å²) in [6, 6.07) is 3.38. The molecule has 0 saturated heterocycles. The van der Waals surface area contributed by atoms with Gasteiger partial charge in [-0.05, 0) is 12.1 Å². The molecule has 86 valence electrons. The minimum atomic E-state index is -0.279. The molecule has 0 atom stereocenters. The Hall–Kier alpha value is -1.62. The van der Waals surface area contributed by atoms with Gasteiger partial charge in [-0.2, -0.15) is 0 Å². The van der Waals surface area contributed by atoms with Crippen LogP contribution in [0.1, 0.15) is 6.42 Å². The SMILES string of the molecule is O=C(CCl)NCCC(=O)Nc1ccncc1. The van der Waals surface area contributed by atoms with Gasteiger partial charge in [-0.1, -0.05) is 0 Å². The Morgan fingerprint density at radius 1 is 1.25 bits per heavy atom. The monoisotopic (exact) mass is 241 g/mol. The number of rotatable bonds is 5. The standard InChI is InChI=1S/C10H12ClN3O2/c11-7-10(16)13-6-3-9(15)14-8-1-4-12-5-2-8/h1-2,4-5H,3,6-7H2,(H,13,16)(H,12,14,15). The number of nitrogens with zero attached hydrogens (tertiary/aromatic N) is 1. The lowest BCUT2D eigenvalue weighted by atomic mass is 10.3. The van der Waals surface area contributed by atoms with E-state index in [0.717, 1.165) is 0 Å². The highest BCUT2D eigenvalue weighted by Gasteiger charge is 2.03. The van der Waals surface area contributed by atoms with E-state index in [1.807, 2.05) is 0 Å². The van der Waals surface area contributed by atoms with Crippen molar-refractivity contribution in [1.29, 1.82) is 0 Å². The lowest BCUT2D eigenvalue weighted by Crippen LogP contribution is -2.28. The minimum Gasteiger partial charge on any atom is -0.355 e. The highest BCUT2D eigenvalue weighted by atomic mass is 35.5. The van der Waals surface area contributed by atoms with Gasteiger partial charge in [0.25, 0.3) is 0 Å². The molecule has 2 amide bonds. The number of nitrogens with one attached hydrogen (secondary N) is 2. The number of anilines is 1. The molecule has 0 spiro atoms. The van der Waals surface area contributed by atoms with Crippen molar-refractivity contribution in [1.82, 2.24) is 10.3 Å². The maximum Gasteiger partial charge on any atom is 0.234 e. The number of hydrogen-bond acceptors (Lipinski definition) is 3. The van der Waals surface area contributed by atoms with E-state index in [4.69, 9.17) is 11.6 Å². The molecular formula is C10H12ClN3O2. The zero-order chi connectivity index (χ0) is 11.8. The number of hydrogen-bond donors (Lipinski definition) is 2. The zero-order valence-corrected chi connectivity index (χ0v) is 9.33. The van der Waals surface area contributed by atoms with Crippen LogP contribution in [0.2, 0.25) is 0 Å². The van der Waals surface area contributed by atoms with Gasteiger partial charge in [0.05, 0.1) is 0 Å². The van der Waals surface area contributed by atoms with Crippen LogP contribution in [0, 0.1) is 0 Å². The summed E-state index contributed by atoms with van der Waals surface area (Å²) in [7, 11) is 0. The molecular weight excluding hydrogens is 230 g/mol. The Kier molecular flexibility index (Phi) is 5.28. The van der Waals surface area contributed by atoms with Gasteiger partial charge in [0.1, 0.15) is 5.88 Å². The van der Waals surface area contributed by atoms with E-state index < -0.39 is 0 Å². The molecule has 0 aliphatic heterocycles. The fourth-order valence-corrected chi connectivity index (χ4v) is 1.12. The summed E-state index contributed by atoms with van der Waals surface area (Å²) in [6.45, 7) is 0.280. The number of amides is 2. The van der Waals surface area contributed by atoms with E-state index in [0.29, 0.717) is 5.69 Å². The van der Waals surface area contributed by atoms with E-state index in [1.165, 1.54) is 0 Å². The summed E-state index contributed by atoms with van der Waals surface area (Å²) < 4.78 is 0. The molecule has 1 aromatic rings. The third-order valence-electron chi connectivity index (χ3n) is 1.76. The average molecular weight is 242 g/mol. The van der Waals surface area contributed by atoms with E-state index in [2.05, 4.69) is 15.6 Å². The molecule has 16 heavy (non-hydrogen) atoms. The van der Waals surface area contributed by atoms with E-state index >= 15 is 0 Å². The van der Waals surface area contributed by atoms with Crippen LogP contribution in [0.4, 0.5) is 5.69 Å². The molecule has 0 saturated carbocycles. The van der Waals surface area contributed by atoms with Gasteiger partial charge in [-0.3, -0.25) is 14.6 Å². The first kappa shape index (κ1) is 12.4. The quantitative estimate of drug-likeness (QED) is 0.748. The van der Waals surface area contributed by atoms with Gasteiger partial charge >= 0.3 is 0 Å². The van der Waals surface area contributed by atoms with Crippen molar-refractivity contribution < 1.29 is 9.59 Å². The second-order valence-electron chi connectivity index (χ2n) is 3.02. The summed E-state index contributed by atoms with van der Waals surface area (Å²) in [4.78, 5) is 26.0. The molecule has 0 unspecified atom stereocenters. The van der Waals surface area contributed by atoms with Crippen molar-refractivity contribution in [2.45, 2.75) is 6.42 Å². The van der Waals surface area contributed by atoms with Crippen molar-refractivity contribution in [3.05, 3.63) is 24.5 Å². The maximum atomic E-state index is 11.4. The molecule has 1 aromatic heterocycles. The van der Waals surface area contributed by atoms with E-state index in [9.17, 15) is 9.59 Å². The fraction of sp³-hybridized carbons (Fsp3) is 0.300. The predicted octanol–water partition coefficient (Wildman–Crippen LogP) is 0.765. The van der Waals surface area contributed by atoms with Crippen LogP contribution < -0.4 is 10.6 Å². The van der Waals surface area contributed by atoms with Crippen molar-refractivity contribution in [3.8, 4) is 0 Å². The van der Waals surface area contributed by atoms with Crippen molar-refractivity contribution in [2.75, 3.05) is 17.7 Å². The van der Waals surface area contributed by atoms with Gasteiger partial charge in [-0.25, -0.2) is 0 Å². The van der Waals surface area contributed by atoms with E-state index in [1.54, 1.807) is 24.5 Å². The van der Waals surface area contributed by atoms with Gasteiger partial charge in [0, 0.05) is 31.0 Å². The van der Waals surface area contributed by atoms with Crippen LogP contribution in [0.5, 0.6) is 0 Å². The number of alkyl halides is 1. The second-order valence-corrected chi connectivity index (χ2v) is 3.28. The van der Waals surface area contributed by atoms with Crippen LogP contribution in [0.3, 0.4) is 0 Å². The summed E-state index contributed by atoms with van der Waals surface area (Å²) >= 11 is 5.28. The van der Waals surface area contributed by atoms with Gasteiger partial charge in [0.2, 0.25) is 11.8 Å². The molecule has 6 heteroatoms. The Bertz CT molecular complexity index is 356. The average Bonchev–Trinajstić information content (AvgIpc) is 2.30. The topological polar surface area (TPSA) is 71.1 Å². The van der Waals surface area contributed by atoms with Gasteiger partial charge in [0.15, 0.2) is 0 Å². The minimum absolute atomic E-state index is 0.0913. The van der Waals surface area contributed by atoms with Crippen molar-refractivity contribution >= 4 is 29.1 Å². The summed E-state index contributed by atoms with van der Waals surface area (Å²) in [6.07, 6.45) is 3.39. The van der Waals surface area contributed by atoms with Gasteiger partial charge in [-0.15, -0.1) is 11.6 Å². The summed E-state index contributed by atoms with van der Waals surface area (Å²) in [5, 5.41) is 5.18. The normalized spacial score (nSPS) is 9.56. The first-order chi connectivity index (χ1) is 7.72. The van der Waals surface area contributed by atoms with Crippen LogP contribution in [0.25, 0.3) is 0 Å². The Morgan fingerprint density at radius 3 is 2.56 bits per heavy atom. The number of aromatic nitrogens is 1. The summed E-state index contributed by atoms with van der Waals surface area (Å²) in [5.74, 6) is -0.536. The lowest BCUT2D eigenvalue weighted by Gasteiger charge is -2.05. The highest BCUT2D eigenvalue weighted by Crippen LogP contribution is 2.03. The van der Waals surface area contributed by atoms with Gasteiger partial charge < -0.3 is 10.6 Å². The molecule has 0 fully saturated rings. The molecule has 5 nitrogen and oxygen atoms in total. The largest absolute Gasteiger partial charge is 0.355 e. The molecule has 0 aliphatic rings. The smallest absolute Gasteiger partial charge is 0.234 e. The Labute approximate surface area is 98.2 Å². The molecule has 0 aliphatic carbocycles. The lowest BCUT2D eigenvalue weighted by molar-refractivity contribution is -0.119. The first-order valence-electron chi connectivity index (χ1n) is 4.75. The van der Waals surface area contributed by atoms with E-state index in [-0.39, 0.29) is 30.7 Å². The van der Waals surface area contributed by atoms with Crippen LogP contribution in [-0.2, 0) is 9.59 Å². The number of pyridine rings is 1. The first-order valence-corrected chi connectivity index (χ1v) is 5.28. The third-order valence-corrected chi connectivity index (χ3v) is 2.00. The van der Waals surface area contributed by atoms with Crippen molar-refractivity contribution in [2.24, 2.45) is 0 Å². The van der Waals surface area contributed by atoms with Crippen molar-refractivity contribution in [3.63, 3.8) is 0 Å². The van der Waals surface area contributed by atoms with Crippen LogP contribution in [0.15, 0.2) is 24.5 Å². The van der Waals surface area contributed by atoms with Crippen LogP contribution in [-0.4, -0.2) is 29.2 Å². The second kappa shape index (κ2) is 6.79. The number of halogens is 1. The third kappa shape index (κ3) is 4.75. The van der Waals surface area contributed by atoms with Crippen LogP contribution >= 0.6 is 11.6 Å². The predicted molar refractivity (Wildman–Crippen MR) is 61.2 cm³/mol. The maximum absolute atomic E-state index is 11.4. The fourth-order valence-electron chi connectivity index (χ4n) is 1.02. The molecule has 0 bridgehead atoms. The number of carbonyl (C=O) groups excluding carboxylic acids is 2. The molecule has 2 N–H and O–H groups in total. The molecule has 0 radical (unpaired) electrons. The zero-order valence-electron chi connectivity index (χ0n) is 8.57. The summed E-state index contributed by atoms with van der Waals surface area (Å²) in [5.41, 5.74) is 0.684. The molecule has 1 rings (SSSR count). The number of carbonyl (C=O) groups is 2. The molecule has 1 heterocycles. The Morgan fingerprint density at radius 2 is 1.94 bits per heavy atom.